The monoisotopic (exact) mass is 477 g/mol. The maximum absolute atomic E-state index is 14.2. The maximum atomic E-state index is 14.2. The van der Waals surface area contributed by atoms with Gasteiger partial charge in [-0.05, 0) is 49.7 Å². The minimum atomic E-state index is -0.538. The zero-order valence-electron chi connectivity index (χ0n) is 19.7. The van der Waals surface area contributed by atoms with Gasteiger partial charge in [-0.2, -0.15) is 0 Å². The van der Waals surface area contributed by atoms with Gasteiger partial charge >= 0.3 is 0 Å². The summed E-state index contributed by atoms with van der Waals surface area (Å²) in [6, 6.07) is 11.0. The number of rotatable bonds is 6. The van der Waals surface area contributed by atoms with Gasteiger partial charge in [0.15, 0.2) is 5.58 Å². The van der Waals surface area contributed by atoms with Crippen LogP contribution in [0, 0.1) is 19.7 Å². The number of aliphatic hydroxyl groups is 1. The van der Waals surface area contributed by atoms with E-state index in [9.17, 15) is 14.3 Å². The van der Waals surface area contributed by atoms with Gasteiger partial charge in [-0.3, -0.25) is 9.78 Å². The number of aliphatic hydroxyl groups excluding tert-OH is 1. The Balaban J connectivity index is 1.91. The van der Waals surface area contributed by atoms with E-state index in [0.29, 0.717) is 45.0 Å². The van der Waals surface area contributed by atoms with Crippen LogP contribution in [0.2, 0.25) is 0 Å². The van der Waals surface area contributed by atoms with Crippen LogP contribution >= 0.6 is 0 Å². The predicted molar refractivity (Wildman–Crippen MR) is 129 cm³/mol. The van der Waals surface area contributed by atoms with Gasteiger partial charge in [0.2, 0.25) is 5.55 Å². The molecule has 2 N–H and O–H groups in total. The van der Waals surface area contributed by atoms with Crippen molar-refractivity contribution in [2.75, 3.05) is 19.5 Å². The Bertz CT molecular complexity index is 1500. The van der Waals surface area contributed by atoms with Gasteiger partial charge in [0.25, 0.3) is 5.91 Å². The number of benzene rings is 2. The number of amides is 1. The number of halogens is 1. The fourth-order valence-electron chi connectivity index (χ4n) is 3.52. The lowest BCUT2D eigenvalue weighted by Gasteiger charge is -2.13. The van der Waals surface area contributed by atoms with Crippen molar-refractivity contribution in [2.45, 2.75) is 20.5 Å². The van der Waals surface area contributed by atoms with Crippen molar-refractivity contribution in [3.63, 3.8) is 0 Å². The molecule has 2 heterocycles. The number of hydrogen-bond acceptors (Lipinski definition) is 7. The summed E-state index contributed by atoms with van der Waals surface area (Å²) in [7, 11) is 3.01. The van der Waals surface area contributed by atoms with Crippen molar-refractivity contribution < 1.29 is 28.2 Å². The molecule has 0 radical (unpaired) electrons. The van der Waals surface area contributed by atoms with Crippen LogP contribution in [-0.2, 0) is 6.61 Å². The van der Waals surface area contributed by atoms with Crippen molar-refractivity contribution in [3.8, 4) is 11.5 Å². The minimum absolute atomic E-state index is 0.0364. The second-order valence-corrected chi connectivity index (χ2v) is 7.80. The number of pyridine rings is 1. The van der Waals surface area contributed by atoms with E-state index in [1.807, 2.05) is 0 Å². The fraction of sp³-hybridized carbons (Fsp3) is 0.192. The molecule has 0 aliphatic heterocycles. The number of fused-ring (bicyclic) bond motifs is 1. The van der Waals surface area contributed by atoms with Crippen molar-refractivity contribution in [1.29, 1.82) is 0 Å². The first kappa shape index (κ1) is 23.9. The molecule has 0 saturated carbocycles. The fourth-order valence-corrected chi connectivity index (χ4v) is 3.52. The van der Waals surface area contributed by atoms with E-state index in [1.54, 1.807) is 50.2 Å². The van der Waals surface area contributed by atoms with Crippen LogP contribution in [0.3, 0.4) is 0 Å². The highest BCUT2D eigenvalue weighted by molar-refractivity contribution is 6.06. The smallest absolute Gasteiger partial charge is 0.261 e. The molecule has 0 aliphatic carbocycles. The van der Waals surface area contributed by atoms with Gasteiger partial charge in [0.1, 0.15) is 22.9 Å². The molecule has 0 bridgehead atoms. The van der Waals surface area contributed by atoms with E-state index in [0.717, 1.165) is 0 Å². The molecule has 9 heteroatoms. The Morgan fingerprint density at radius 1 is 1.14 bits per heavy atom. The average Bonchev–Trinajstić information content (AvgIpc) is 2.86. The minimum Gasteiger partial charge on any atom is -0.497 e. The molecular formula is C26H24FN3O5. The summed E-state index contributed by atoms with van der Waals surface area (Å²) in [4.78, 5) is 22.1. The van der Waals surface area contributed by atoms with E-state index >= 15 is 0 Å². The van der Waals surface area contributed by atoms with Crippen molar-refractivity contribution in [1.82, 2.24) is 4.98 Å². The summed E-state index contributed by atoms with van der Waals surface area (Å²) in [5.41, 5.74) is 2.58. The summed E-state index contributed by atoms with van der Waals surface area (Å²) in [6.07, 6.45) is 1.52. The number of nitrogens with one attached hydrogen (secondary N) is 1. The van der Waals surface area contributed by atoms with Crippen molar-refractivity contribution in [3.05, 3.63) is 82.4 Å². The zero-order chi connectivity index (χ0) is 25.1. The third-order valence-corrected chi connectivity index (χ3v) is 5.51. The first-order valence-corrected chi connectivity index (χ1v) is 10.7. The van der Waals surface area contributed by atoms with E-state index in [2.05, 4.69) is 15.3 Å². The molecule has 0 spiro atoms. The molecular weight excluding hydrogens is 453 g/mol. The third-order valence-electron chi connectivity index (χ3n) is 5.51. The molecule has 1 amide bonds. The molecule has 2 aromatic carbocycles. The second kappa shape index (κ2) is 9.94. The molecule has 35 heavy (non-hydrogen) atoms. The van der Waals surface area contributed by atoms with Crippen molar-refractivity contribution >= 4 is 28.3 Å². The van der Waals surface area contributed by atoms with Gasteiger partial charge in [0, 0.05) is 23.2 Å². The van der Waals surface area contributed by atoms with Gasteiger partial charge in [0.05, 0.1) is 37.9 Å². The third kappa shape index (κ3) is 4.85. The lowest BCUT2D eigenvalue weighted by atomic mass is 10.1. The first-order chi connectivity index (χ1) is 16.8. The maximum Gasteiger partial charge on any atom is 0.261 e. The van der Waals surface area contributed by atoms with Crippen LogP contribution in [0.25, 0.3) is 11.0 Å². The number of carbonyl (C=O) groups is 1. The van der Waals surface area contributed by atoms with Crippen LogP contribution in [0.15, 0.2) is 58.1 Å². The Kier molecular flexibility index (Phi) is 6.79. The molecule has 8 nitrogen and oxygen atoms in total. The molecule has 180 valence electrons. The number of aryl methyl sites for hydroxylation is 2. The lowest BCUT2D eigenvalue weighted by molar-refractivity contribution is 0.102. The summed E-state index contributed by atoms with van der Waals surface area (Å²) in [5.74, 6) is -0.0101. The van der Waals surface area contributed by atoms with Crippen LogP contribution in [0.1, 0.15) is 27.2 Å². The number of aromatic nitrogens is 1. The standard InChI is InChI=1S/C26H24FN3O5/c1-14-5-6-17(9-21(14)27)29-26-20(11-19-16(13-31)12-28-15(2)24(19)35-26)25(32)30-22-8-7-18(33-3)10-23(22)34-4/h5-12,31H,13H2,1-4H3,(H,30,32). The highest BCUT2D eigenvalue weighted by Crippen LogP contribution is 2.30. The summed E-state index contributed by atoms with van der Waals surface area (Å²) in [5, 5.41) is 13.1. The van der Waals surface area contributed by atoms with Crippen LogP contribution in [-0.4, -0.2) is 30.2 Å². The molecule has 0 atom stereocenters. The molecule has 2 aromatic heterocycles. The van der Waals surface area contributed by atoms with Gasteiger partial charge in [-0.15, -0.1) is 0 Å². The van der Waals surface area contributed by atoms with Gasteiger partial charge < -0.3 is 24.3 Å². The number of hydrogen-bond donors (Lipinski definition) is 2. The van der Waals surface area contributed by atoms with E-state index in [4.69, 9.17) is 13.9 Å². The second-order valence-electron chi connectivity index (χ2n) is 7.80. The normalized spacial score (nSPS) is 11.5. The molecule has 0 fully saturated rings. The van der Waals surface area contributed by atoms with Crippen LogP contribution in [0.5, 0.6) is 11.5 Å². The quantitative estimate of drug-likeness (QED) is 0.421. The Labute approximate surface area is 200 Å². The van der Waals surface area contributed by atoms with Crippen LogP contribution < -0.4 is 20.3 Å². The summed E-state index contributed by atoms with van der Waals surface area (Å²) < 4.78 is 30.8. The first-order valence-electron chi connectivity index (χ1n) is 10.7. The summed E-state index contributed by atoms with van der Waals surface area (Å²) >= 11 is 0. The molecule has 0 saturated heterocycles. The Hall–Kier alpha value is -4.24. The van der Waals surface area contributed by atoms with Gasteiger partial charge in [-0.25, -0.2) is 9.38 Å². The van der Waals surface area contributed by atoms with Crippen LogP contribution in [0.4, 0.5) is 15.8 Å². The number of methoxy groups -OCH3 is 2. The largest absolute Gasteiger partial charge is 0.497 e. The zero-order valence-corrected chi connectivity index (χ0v) is 19.7. The van der Waals surface area contributed by atoms with E-state index in [-0.39, 0.29) is 23.4 Å². The summed E-state index contributed by atoms with van der Waals surface area (Å²) in [6.45, 7) is 3.09. The van der Waals surface area contributed by atoms with E-state index < -0.39 is 11.7 Å². The van der Waals surface area contributed by atoms with Crippen molar-refractivity contribution in [2.24, 2.45) is 4.99 Å². The average molecular weight is 477 g/mol. The van der Waals surface area contributed by atoms with E-state index in [1.165, 1.54) is 26.5 Å². The SMILES string of the molecule is COc1ccc(NC(=O)c2cc3c(CO)cnc(C)c3oc2=Nc2ccc(C)c(F)c2)c(OC)c1. The Morgan fingerprint density at radius 3 is 2.63 bits per heavy atom. The topological polar surface area (TPSA) is 106 Å². The number of carbonyl (C=O) groups excluding carboxylic acids is 1. The number of nitrogens with zero attached hydrogens (tertiary/aromatic N) is 2. The predicted octanol–water partition coefficient (Wildman–Crippen LogP) is 4.58. The Morgan fingerprint density at radius 2 is 1.94 bits per heavy atom. The molecule has 4 aromatic rings. The molecule has 0 aliphatic rings. The highest BCUT2D eigenvalue weighted by atomic mass is 19.1. The number of ether oxygens (including phenoxy) is 2. The highest BCUT2D eigenvalue weighted by Gasteiger charge is 2.18. The molecule has 4 rings (SSSR count). The van der Waals surface area contributed by atoms with Gasteiger partial charge in [-0.1, -0.05) is 6.07 Å². The lowest BCUT2D eigenvalue weighted by Crippen LogP contribution is -2.22. The molecule has 0 unspecified atom stereocenters. The number of anilines is 1.